The molecular formula is C14H23NO5. The molecule has 1 N–H and O–H groups in total. The van der Waals surface area contributed by atoms with Crippen molar-refractivity contribution >= 4 is 12.1 Å². The highest BCUT2D eigenvalue weighted by Gasteiger charge is 2.43. The lowest BCUT2D eigenvalue weighted by atomic mass is 9.81. The Morgan fingerprint density at radius 1 is 1.35 bits per heavy atom. The second kappa shape index (κ2) is 5.60. The molecule has 2 saturated heterocycles. The van der Waals surface area contributed by atoms with Gasteiger partial charge < -0.3 is 19.5 Å². The van der Waals surface area contributed by atoms with Crippen molar-refractivity contribution in [2.75, 3.05) is 19.8 Å². The molecule has 6 nitrogen and oxygen atoms in total. The third-order valence-electron chi connectivity index (χ3n) is 3.82. The Kier molecular flexibility index (Phi) is 4.22. The molecule has 1 amide bonds. The fraction of sp³-hybridized carbons (Fsp3) is 0.857. The van der Waals surface area contributed by atoms with Crippen LogP contribution in [0, 0.1) is 11.8 Å². The van der Waals surface area contributed by atoms with Crippen LogP contribution in [0.1, 0.15) is 33.6 Å². The predicted octanol–water partition coefficient (Wildman–Crippen LogP) is 1.73. The number of aliphatic carboxylic acids is 1. The molecule has 6 heteroatoms. The molecule has 0 spiro atoms. The fourth-order valence-electron chi connectivity index (χ4n) is 2.94. The van der Waals surface area contributed by atoms with Crippen molar-refractivity contribution in [2.45, 2.75) is 45.3 Å². The molecule has 0 aliphatic carbocycles. The largest absolute Gasteiger partial charge is 0.481 e. The highest BCUT2D eigenvalue weighted by atomic mass is 16.6. The fourth-order valence-corrected chi connectivity index (χ4v) is 2.94. The minimum absolute atomic E-state index is 0.0363. The van der Waals surface area contributed by atoms with Crippen LogP contribution < -0.4 is 0 Å². The molecule has 0 aromatic carbocycles. The molecule has 0 aromatic heterocycles. The highest BCUT2D eigenvalue weighted by molar-refractivity contribution is 5.73. The van der Waals surface area contributed by atoms with E-state index in [1.807, 2.05) is 20.8 Å². The van der Waals surface area contributed by atoms with E-state index < -0.39 is 23.6 Å². The summed E-state index contributed by atoms with van der Waals surface area (Å²) in [5.41, 5.74) is -0.575. The van der Waals surface area contributed by atoms with Crippen LogP contribution in [0.4, 0.5) is 4.79 Å². The maximum atomic E-state index is 12.3. The van der Waals surface area contributed by atoms with E-state index in [1.54, 1.807) is 4.90 Å². The molecule has 20 heavy (non-hydrogen) atoms. The lowest BCUT2D eigenvalue weighted by Crippen LogP contribution is -2.56. The quantitative estimate of drug-likeness (QED) is 0.794. The summed E-state index contributed by atoms with van der Waals surface area (Å²) >= 11 is 0. The summed E-state index contributed by atoms with van der Waals surface area (Å²) in [4.78, 5) is 25.2. The van der Waals surface area contributed by atoms with E-state index in [1.165, 1.54) is 0 Å². The Labute approximate surface area is 119 Å². The Hall–Kier alpha value is -1.30. The molecular weight excluding hydrogens is 262 g/mol. The van der Waals surface area contributed by atoms with Crippen molar-refractivity contribution in [1.29, 1.82) is 0 Å². The van der Waals surface area contributed by atoms with E-state index in [9.17, 15) is 14.7 Å². The van der Waals surface area contributed by atoms with Crippen molar-refractivity contribution in [2.24, 2.45) is 11.8 Å². The molecule has 114 valence electrons. The van der Waals surface area contributed by atoms with Crippen molar-refractivity contribution in [3.63, 3.8) is 0 Å². The average molecular weight is 285 g/mol. The minimum atomic E-state index is -0.859. The molecule has 2 aliphatic rings. The lowest BCUT2D eigenvalue weighted by Gasteiger charge is -2.45. The summed E-state index contributed by atoms with van der Waals surface area (Å²) in [6, 6.07) is 0.0363. The summed E-state index contributed by atoms with van der Waals surface area (Å²) < 4.78 is 10.8. The Balaban J connectivity index is 2.14. The first-order valence-corrected chi connectivity index (χ1v) is 7.08. The molecule has 0 radical (unpaired) electrons. The zero-order chi connectivity index (χ0) is 14.9. The summed E-state index contributed by atoms with van der Waals surface area (Å²) in [6.45, 7) is 6.79. The van der Waals surface area contributed by atoms with Crippen LogP contribution in [-0.2, 0) is 14.3 Å². The second-order valence-electron chi connectivity index (χ2n) is 6.59. The van der Waals surface area contributed by atoms with Crippen LogP contribution in [0.2, 0.25) is 0 Å². The van der Waals surface area contributed by atoms with Crippen molar-refractivity contribution in [1.82, 2.24) is 4.90 Å². The van der Waals surface area contributed by atoms with Crippen LogP contribution in [0.3, 0.4) is 0 Å². The number of ether oxygens (including phenoxy) is 2. The zero-order valence-electron chi connectivity index (χ0n) is 12.3. The number of hydrogen-bond donors (Lipinski definition) is 1. The minimum Gasteiger partial charge on any atom is -0.481 e. The van der Waals surface area contributed by atoms with Crippen molar-refractivity contribution in [3.8, 4) is 0 Å². The van der Waals surface area contributed by atoms with Gasteiger partial charge in [0.25, 0.3) is 0 Å². The standard InChI is InChI=1S/C14H23NO5/c1-14(2,3)20-13(18)15-7-9(12(16)17)6-10-8-19-5-4-11(10)15/h9-11H,4-8H2,1-3H3,(H,16,17)/t9-,10-,11-/m1/s1. The lowest BCUT2D eigenvalue weighted by molar-refractivity contribution is -0.147. The van der Waals surface area contributed by atoms with Crippen LogP contribution in [0.5, 0.6) is 0 Å². The Bertz CT molecular complexity index is 390. The van der Waals surface area contributed by atoms with Gasteiger partial charge >= 0.3 is 12.1 Å². The topological polar surface area (TPSA) is 76.1 Å². The van der Waals surface area contributed by atoms with Crippen LogP contribution in [0.15, 0.2) is 0 Å². The van der Waals surface area contributed by atoms with Gasteiger partial charge in [-0.25, -0.2) is 4.79 Å². The van der Waals surface area contributed by atoms with Gasteiger partial charge in [0.1, 0.15) is 5.60 Å². The van der Waals surface area contributed by atoms with Gasteiger partial charge in [-0.3, -0.25) is 4.79 Å². The number of carboxylic acids is 1. The molecule has 0 unspecified atom stereocenters. The predicted molar refractivity (Wildman–Crippen MR) is 71.4 cm³/mol. The summed E-state index contributed by atoms with van der Waals surface area (Å²) in [5.74, 6) is -1.31. The molecule has 3 atom stereocenters. The van der Waals surface area contributed by atoms with Gasteiger partial charge in [0, 0.05) is 25.1 Å². The van der Waals surface area contributed by atoms with E-state index in [0.717, 1.165) is 6.42 Å². The Morgan fingerprint density at radius 3 is 2.65 bits per heavy atom. The number of amides is 1. The Morgan fingerprint density at radius 2 is 2.05 bits per heavy atom. The number of likely N-dealkylation sites (tertiary alicyclic amines) is 1. The smallest absolute Gasteiger partial charge is 0.410 e. The third kappa shape index (κ3) is 3.42. The second-order valence-corrected chi connectivity index (χ2v) is 6.59. The molecule has 2 fully saturated rings. The van der Waals surface area contributed by atoms with Crippen LogP contribution in [-0.4, -0.2) is 53.5 Å². The first kappa shape index (κ1) is 15.1. The van der Waals surface area contributed by atoms with Gasteiger partial charge in [-0.05, 0) is 33.6 Å². The highest BCUT2D eigenvalue weighted by Crippen LogP contribution is 2.33. The first-order chi connectivity index (χ1) is 9.28. The van der Waals surface area contributed by atoms with Crippen molar-refractivity contribution in [3.05, 3.63) is 0 Å². The van der Waals surface area contributed by atoms with Crippen LogP contribution >= 0.6 is 0 Å². The van der Waals surface area contributed by atoms with Gasteiger partial charge in [-0.15, -0.1) is 0 Å². The summed E-state index contributed by atoms with van der Waals surface area (Å²) in [5, 5.41) is 9.24. The number of carbonyl (C=O) groups is 2. The normalized spacial score (nSPS) is 30.6. The maximum Gasteiger partial charge on any atom is 0.410 e. The SMILES string of the molecule is CC(C)(C)OC(=O)N1C[C@H](C(=O)O)C[C@@H]2COCC[C@H]21. The molecule has 0 aromatic rings. The summed E-state index contributed by atoms with van der Waals surface area (Å²) in [6.07, 6.45) is 0.899. The van der Waals surface area contributed by atoms with E-state index in [2.05, 4.69) is 0 Å². The van der Waals surface area contributed by atoms with Gasteiger partial charge in [0.15, 0.2) is 0 Å². The molecule has 0 saturated carbocycles. The number of piperidine rings is 1. The van der Waals surface area contributed by atoms with E-state index in [0.29, 0.717) is 19.6 Å². The van der Waals surface area contributed by atoms with Gasteiger partial charge in [-0.2, -0.15) is 0 Å². The monoisotopic (exact) mass is 285 g/mol. The van der Waals surface area contributed by atoms with E-state index in [-0.39, 0.29) is 18.5 Å². The van der Waals surface area contributed by atoms with Gasteiger partial charge in [0.2, 0.25) is 0 Å². The number of rotatable bonds is 1. The van der Waals surface area contributed by atoms with E-state index in [4.69, 9.17) is 9.47 Å². The number of hydrogen-bond acceptors (Lipinski definition) is 4. The third-order valence-corrected chi connectivity index (χ3v) is 3.82. The molecule has 2 heterocycles. The molecule has 0 bridgehead atoms. The number of nitrogens with zero attached hydrogens (tertiary/aromatic N) is 1. The van der Waals surface area contributed by atoms with Gasteiger partial charge in [-0.1, -0.05) is 0 Å². The van der Waals surface area contributed by atoms with Crippen LogP contribution in [0.25, 0.3) is 0 Å². The van der Waals surface area contributed by atoms with E-state index >= 15 is 0 Å². The number of carbonyl (C=O) groups excluding carboxylic acids is 1. The van der Waals surface area contributed by atoms with Gasteiger partial charge in [0.05, 0.1) is 12.5 Å². The average Bonchev–Trinajstić information content (AvgIpc) is 2.35. The number of carboxylic acid groups (broad SMARTS) is 1. The molecule has 2 aliphatic heterocycles. The zero-order valence-corrected chi connectivity index (χ0v) is 12.3. The number of fused-ring (bicyclic) bond motifs is 1. The summed E-state index contributed by atoms with van der Waals surface area (Å²) in [7, 11) is 0. The molecule has 2 rings (SSSR count). The van der Waals surface area contributed by atoms with Crippen molar-refractivity contribution < 1.29 is 24.2 Å². The first-order valence-electron chi connectivity index (χ1n) is 7.08. The maximum absolute atomic E-state index is 12.3.